The molecule has 0 unspecified atom stereocenters. The van der Waals surface area contributed by atoms with Gasteiger partial charge in [0.15, 0.2) is 0 Å². The van der Waals surface area contributed by atoms with Crippen LogP contribution in [0.2, 0.25) is 0 Å². The highest BCUT2D eigenvalue weighted by atomic mass is 16.4. The average Bonchev–Trinajstić information content (AvgIpc) is 2.39. The lowest BCUT2D eigenvalue weighted by Crippen LogP contribution is -2.06. The molecule has 0 saturated carbocycles. The molecule has 19 heavy (non-hydrogen) atoms. The van der Waals surface area contributed by atoms with Gasteiger partial charge in [0.1, 0.15) is 0 Å². The molecule has 0 amide bonds. The standard InChI is InChI=1S/C15H24N2O2/c1-2-3-4-5-6-7-10-17-12-8-9-14(16)13(11-12)15(18)19/h8-9,11,17H,2-7,10,16H2,1H3,(H,18,19). The summed E-state index contributed by atoms with van der Waals surface area (Å²) in [6.07, 6.45) is 7.48. The van der Waals surface area contributed by atoms with Crippen LogP contribution in [0.3, 0.4) is 0 Å². The van der Waals surface area contributed by atoms with Crippen molar-refractivity contribution in [2.45, 2.75) is 45.4 Å². The average molecular weight is 264 g/mol. The van der Waals surface area contributed by atoms with E-state index < -0.39 is 5.97 Å². The minimum absolute atomic E-state index is 0.160. The van der Waals surface area contributed by atoms with Gasteiger partial charge in [0.05, 0.1) is 5.56 Å². The maximum absolute atomic E-state index is 10.9. The van der Waals surface area contributed by atoms with Crippen molar-refractivity contribution in [2.75, 3.05) is 17.6 Å². The first kappa shape index (κ1) is 15.3. The van der Waals surface area contributed by atoms with E-state index in [-0.39, 0.29) is 5.56 Å². The number of carboxylic acids is 1. The zero-order valence-corrected chi connectivity index (χ0v) is 11.6. The van der Waals surface area contributed by atoms with E-state index in [1.165, 1.54) is 32.1 Å². The second-order valence-electron chi connectivity index (χ2n) is 4.80. The lowest BCUT2D eigenvalue weighted by atomic mass is 10.1. The van der Waals surface area contributed by atoms with E-state index in [1.807, 2.05) is 6.07 Å². The molecule has 1 aromatic carbocycles. The van der Waals surface area contributed by atoms with Crippen LogP contribution in [0.4, 0.5) is 11.4 Å². The summed E-state index contributed by atoms with van der Waals surface area (Å²) >= 11 is 0. The number of nitrogens with two attached hydrogens (primary N) is 1. The molecule has 0 aliphatic carbocycles. The zero-order valence-electron chi connectivity index (χ0n) is 11.6. The van der Waals surface area contributed by atoms with Crippen molar-refractivity contribution >= 4 is 17.3 Å². The van der Waals surface area contributed by atoms with Crippen LogP contribution in [-0.4, -0.2) is 17.6 Å². The van der Waals surface area contributed by atoms with Gasteiger partial charge in [-0.15, -0.1) is 0 Å². The molecule has 4 N–H and O–H groups in total. The molecular weight excluding hydrogens is 240 g/mol. The number of nitrogen functional groups attached to an aromatic ring is 1. The van der Waals surface area contributed by atoms with Crippen molar-refractivity contribution in [3.05, 3.63) is 23.8 Å². The first-order chi connectivity index (χ1) is 9.15. The Morgan fingerprint density at radius 3 is 2.58 bits per heavy atom. The van der Waals surface area contributed by atoms with Crippen molar-refractivity contribution in [2.24, 2.45) is 0 Å². The van der Waals surface area contributed by atoms with Crippen molar-refractivity contribution in [3.63, 3.8) is 0 Å². The topological polar surface area (TPSA) is 75.3 Å². The number of hydrogen-bond acceptors (Lipinski definition) is 3. The molecule has 0 saturated heterocycles. The van der Waals surface area contributed by atoms with Crippen molar-refractivity contribution in [1.82, 2.24) is 0 Å². The maximum Gasteiger partial charge on any atom is 0.337 e. The fourth-order valence-electron chi connectivity index (χ4n) is 1.99. The fourth-order valence-corrected chi connectivity index (χ4v) is 1.99. The number of nitrogens with one attached hydrogen (secondary N) is 1. The molecule has 0 bridgehead atoms. The van der Waals surface area contributed by atoms with E-state index in [4.69, 9.17) is 10.8 Å². The van der Waals surface area contributed by atoms with Crippen molar-refractivity contribution in [1.29, 1.82) is 0 Å². The third kappa shape index (κ3) is 5.64. The Kier molecular flexibility index (Phi) is 6.79. The van der Waals surface area contributed by atoms with E-state index in [0.29, 0.717) is 5.69 Å². The van der Waals surface area contributed by atoms with Gasteiger partial charge in [0, 0.05) is 17.9 Å². The number of rotatable bonds is 9. The van der Waals surface area contributed by atoms with Gasteiger partial charge in [-0.1, -0.05) is 39.0 Å². The molecule has 4 nitrogen and oxygen atoms in total. The van der Waals surface area contributed by atoms with Crippen LogP contribution in [-0.2, 0) is 0 Å². The number of anilines is 2. The number of aromatic carboxylic acids is 1. The van der Waals surface area contributed by atoms with Crippen LogP contribution < -0.4 is 11.1 Å². The molecule has 0 spiro atoms. The fraction of sp³-hybridized carbons (Fsp3) is 0.533. The second-order valence-corrected chi connectivity index (χ2v) is 4.80. The smallest absolute Gasteiger partial charge is 0.337 e. The quantitative estimate of drug-likeness (QED) is 0.469. The summed E-state index contributed by atoms with van der Waals surface area (Å²) in [4.78, 5) is 10.9. The largest absolute Gasteiger partial charge is 0.478 e. The summed E-state index contributed by atoms with van der Waals surface area (Å²) in [7, 11) is 0. The molecule has 4 heteroatoms. The van der Waals surface area contributed by atoms with Gasteiger partial charge < -0.3 is 16.2 Å². The molecule has 0 fully saturated rings. The third-order valence-electron chi connectivity index (χ3n) is 3.14. The summed E-state index contributed by atoms with van der Waals surface area (Å²) in [5, 5.41) is 12.2. The molecule has 106 valence electrons. The second kappa shape index (κ2) is 8.40. The molecule has 0 atom stereocenters. The first-order valence-electron chi connectivity index (χ1n) is 7.02. The minimum atomic E-state index is -0.985. The maximum atomic E-state index is 10.9. The molecule has 0 aliphatic heterocycles. The Morgan fingerprint density at radius 1 is 1.21 bits per heavy atom. The Hall–Kier alpha value is -1.71. The van der Waals surface area contributed by atoms with Crippen LogP contribution in [0.25, 0.3) is 0 Å². The summed E-state index contributed by atoms with van der Waals surface area (Å²) in [6.45, 7) is 3.08. The summed E-state index contributed by atoms with van der Waals surface area (Å²) in [6, 6.07) is 5.04. The minimum Gasteiger partial charge on any atom is -0.478 e. The lowest BCUT2D eigenvalue weighted by molar-refractivity contribution is 0.0698. The van der Waals surface area contributed by atoms with Crippen molar-refractivity contribution < 1.29 is 9.90 Å². The number of unbranched alkanes of at least 4 members (excludes halogenated alkanes) is 5. The highest BCUT2D eigenvalue weighted by molar-refractivity contribution is 5.94. The normalized spacial score (nSPS) is 10.4. The van der Waals surface area contributed by atoms with Gasteiger partial charge in [-0.05, 0) is 24.6 Å². The molecule has 0 radical (unpaired) electrons. The van der Waals surface area contributed by atoms with Crippen molar-refractivity contribution in [3.8, 4) is 0 Å². The first-order valence-corrected chi connectivity index (χ1v) is 7.02. The highest BCUT2D eigenvalue weighted by Gasteiger charge is 2.08. The molecule has 1 rings (SSSR count). The molecular formula is C15H24N2O2. The monoisotopic (exact) mass is 264 g/mol. The Balaban J connectivity index is 2.30. The summed E-state index contributed by atoms with van der Waals surface area (Å²) < 4.78 is 0. The van der Waals surface area contributed by atoms with Crippen LogP contribution in [0.15, 0.2) is 18.2 Å². The Bertz CT molecular complexity index is 405. The zero-order chi connectivity index (χ0) is 14.1. The van der Waals surface area contributed by atoms with Gasteiger partial charge in [-0.3, -0.25) is 0 Å². The van der Waals surface area contributed by atoms with Gasteiger partial charge >= 0.3 is 5.97 Å². The lowest BCUT2D eigenvalue weighted by Gasteiger charge is -2.08. The number of carboxylic acid groups (broad SMARTS) is 1. The third-order valence-corrected chi connectivity index (χ3v) is 3.14. The predicted octanol–water partition coefficient (Wildman–Crippen LogP) is 3.74. The molecule has 0 aromatic heterocycles. The predicted molar refractivity (Wildman–Crippen MR) is 79.7 cm³/mol. The Morgan fingerprint density at radius 2 is 1.89 bits per heavy atom. The van der Waals surface area contributed by atoms with E-state index in [1.54, 1.807) is 12.1 Å². The number of carbonyl (C=O) groups is 1. The van der Waals surface area contributed by atoms with Crippen LogP contribution in [0.1, 0.15) is 55.8 Å². The van der Waals surface area contributed by atoms with E-state index in [2.05, 4.69) is 12.2 Å². The van der Waals surface area contributed by atoms with Crippen LogP contribution in [0, 0.1) is 0 Å². The van der Waals surface area contributed by atoms with Gasteiger partial charge in [0.25, 0.3) is 0 Å². The molecule has 0 aliphatic rings. The van der Waals surface area contributed by atoms with Crippen LogP contribution in [0.5, 0.6) is 0 Å². The summed E-state index contributed by atoms with van der Waals surface area (Å²) in [5.74, 6) is -0.985. The Labute approximate surface area is 115 Å². The van der Waals surface area contributed by atoms with Crippen LogP contribution >= 0.6 is 0 Å². The van der Waals surface area contributed by atoms with Gasteiger partial charge in [-0.25, -0.2) is 4.79 Å². The number of benzene rings is 1. The van der Waals surface area contributed by atoms with E-state index in [9.17, 15) is 4.79 Å². The van der Waals surface area contributed by atoms with Gasteiger partial charge in [-0.2, -0.15) is 0 Å². The molecule has 1 aromatic rings. The highest BCUT2D eigenvalue weighted by Crippen LogP contribution is 2.18. The SMILES string of the molecule is CCCCCCCCNc1ccc(N)c(C(=O)O)c1. The summed E-state index contributed by atoms with van der Waals surface area (Å²) in [5.41, 5.74) is 6.89. The number of hydrogen-bond donors (Lipinski definition) is 3. The van der Waals surface area contributed by atoms with Gasteiger partial charge in [0.2, 0.25) is 0 Å². The van der Waals surface area contributed by atoms with E-state index in [0.717, 1.165) is 18.7 Å². The molecule has 0 heterocycles. The van der Waals surface area contributed by atoms with E-state index >= 15 is 0 Å².